The number of hydrogen-bond donors (Lipinski definition) is 2. The molecular formula is C27H27N3O3S. The van der Waals surface area contributed by atoms with Crippen LogP contribution in [0.15, 0.2) is 87.5 Å². The van der Waals surface area contributed by atoms with Crippen molar-refractivity contribution in [1.82, 2.24) is 0 Å². The zero-order valence-corrected chi connectivity index (χ0v) is 20.2. The largest absolute Gasteiger partial charge is 0.467 e. The van der Waals surface area contributed by atoms with Gasteiger partial charge in [-0.2, -0.15) is 0 Å². The first-order valence-electron chi connectivity index (χ1n) is 11.3. The summed E-state index contributed by atoms with van der Waals surface area (Å²) in [6.07, 6.45) is 4.68. The topological polar surface area (TPSA) is 74.6 Å². The maximum atomic E-state index is 13.9. The summed E-state index contributed by atoms with van der Waals surface area (Å²) in [5.41, 5.74) is 3.40. The van der Waals surface area contributed by atoms with E-state index in [0.717, 1.165) is 16.3 Å². The number of thioether (sulfide) groups is 1. The molecule has 0 spiro atoms. The molecule has 0 unspecified atom stereocenters. The van der Waals surface area contributed by atoms with Crippen molar-refractivity contribution in [2.24, 2.45) is 5.41 Å². The van der Waals surface area contributed by atoms with Gasteiger partial charge in [0.1, 0.15) is 11.8 Å². The SMILES string of the molecule is CSc1cccc(NC(=O)N2c3ccccc3NC3=C(C(=O)CC(C)(C)C3)[C@@H]2c2ccco2)c1. The summed E-state index contributed by atoms with van der Waals surface area (Å²) >= 11 is 1.61. The van der Waals surface area contributed by atoms with Gasteiger partial charge in [-0.1, -0.05) is 32.0 Å². The highest BCUT2D eigenvalue weighted by Gasteiger charge is 2.44. The van der Waals surface area contributed by atoms with Gasteiger partial charge in [0, 0.05) is 28.3 Å². The lowest BCUT2D eigenvalue weighted by Gasteiger charge is -2.36. The molecular weight excluding hydrogens is 446 g/mol. The van der Waals surface area contributed by atoms with Crippen molar-refractivity contribution in [3.63, 3.8) is 0 Å². The van der Waals surface area contributed by atoms with Gasteiger partial charge >= 0.3 is 6.03 Å². The van der Waals surface area contributed by atoms with Gasteiger partial charge in [-0.25, -0.2) is 4.79 Å². The van der Waals surface area contributed by atoms with Crippen LogP contribution in [-0.2, 0) is 4.79 Å². The molecule has 174 valence electrons. The highest BCUT2D eigenvalue weighted by molar-refractivity contribution is 7.98. The van der Waals surface area contributed by atoms with E-state index in [1.165, 1.54) is 0 Å². The van der Waals surface area contributed by atoms with Crippen LogP contribution in [0.1, 0.15) is 38.5 Å². The minimum atomic E-state index is -0.687. The number of amides is 2. The van der Waals surface area contributed by atoms with Crippen LogP contribution in [-0.4, -0.2) is 18.1 Å². The van der Waals surface area contributed by atoms with Crippen LogP contribution in [0, 0.1) is 5.41 Å². The van der Waals surface area contributed by atoms with E-state index in [4.69, 9.17) is 4.42 Å². The van der Waals surface area contributed by atoms with Gasteiger partial charge in [0.25, 0.3) is 0 Å². The molecule has 2 amide bonds. The van der Waals surface area contributed by atoms with Crippen LogP contribution in [0.2, 0.25) is 0 Å². The summed E-state index contributed by atoms with van der Waals surface area (Å²) in [6.45, 7) is 4.19. The first-order chi connectivity index (χ1) is 16.4. The number of rotatable bonds is 3. The first kappa shape index (κ1) is 22.3. The molecule has 0 saturated carbocycles. The molecule has 0 saturated heterocycles. The Morgan fingerprint density at radius 2 is 1.94 bits per heavy atom. The molecule has 2 N–H and O–H groups in total. The van der Waals surface area contributed by atoms with E-state index in [0.29, 0.717) is 35.5 Å². The van der Waals surface area contributed by atoms with Crippen LogP contribution in [0.5, 0.6) is 0 Å². The van der Waals surface area contributed by atoms with Crippen LogP contribution in [0.4, 0.5) is 21.9 Å². The monoisotopic (exact) mass is 473 g/mol. The lowest BCUT2D eigenvalue weighted by molar-refractivity contribution is -0.118. The Hall–Kier alpha value is -3.45. The predicted molar refractivity (Wildman–Crippen MR) is 136 cm³/mol. The average molecular weight is 474 g/mol. The molecule has 7 heteroatoms. The number of furan rings is 1. The summed E-state index contributed by atoms with van der Waals surface area (Å²) in [5.74, 6) is 0.571. The molecule has 0 bridgehead atoms. The lowest BCUT2D eigenvalue weighted by Crippen LogP contribution is -2.41. The van der Waals surface area contributed by atoms with Crippen LogP contribution < -0.4 is 15.5 Å². The molecule has 6 nitrogen and oxygen atoms in total. The highest BCUT2D eigenvalue weighted by atomic mass is 32.2. The zero-order valence-electron chi connectivity index (χ0n) is 19.4. The number of nitrogens with one attached hydrogen (secondary N) is 2. The Morgan fingerprint density at radius 3 is 2.71 bits per heavy atom. The number of hydrogen-bond acceptors (Lipinski definition) is 5. The second-order valence-corrected chi connectivity index (χ2v) is 10.3. The van der Waals surface area contributed by atoms with E-state index >= 15 is 0 Å². The van der Waals surface area contributed by atoms with Crippen LogP contribution >= 0.6 is 11.8 Å². The van der Waals surface area contributed by atoms with Gasteiger partial charge in [0.15, 0.2) is 5.78 Å². The fraction of sp³-hybridized carbons (Fsp3) is 0.259. The molecule has 2 heterocycles. The molecule has 1 aliphatic heterocycles. The predicted octanol–water partition coefficient (Wildman–Crippen LogP) is 6.85. The molecule has 3 aromatic rings. The normalized spacial score (nSPS) is 19.1. The Kier molecular flexibility index (Phi) is 5.73. The third kappa shape index (κ3) is 4.12. The second kappa shape index (κ2) is 8.72. The number of allylic oxidation sites excluding steroid dienone is 1. The summed E-state index contributed by atoms with van der Waals surface area (Å²) in [7, 11) is 0. The first-order valence-corrected chi connectivity index (χ1v) is 12.5. The van der Waals surface area contributed by atoms with E-state index in [9.17, 15) is 9.59 Å². The standard InChI is InChI=1S/C27H27N3O3S/c1-27(2)15-20-24(22(31)16-27)25(23-12-7-13-33-23)30(21-11-5-4-10-19(21)29-20)26(32)28-17-8-6-9-18(14-17)34-3/h4-14,25,29H,15-16H2,1-3H3,(H,28,32)/t25-/m0/s1. The van der Waals surface area contributed by atoms with Crippen LogP contribution in [0.25, 0.3) is 0 Å². The summed E-state index contributed by atoms with van der Waals surface area (Å²) in [6, 6.07) is 17.9. The molecule has 34 heavy (non-hydrogen) atoms. The van der Waals surface area contributed by atoms with Crippen molar-refractivity contribution in [3.05, 3.63) is 84.0 Å². The minimum Gasteiger partial charge on any atom is -0.467 e. The smallest absolute Gasteiger partial charge is 0.327 e. The van der Waals surface area contributed by atoms with Gasteiger partial charge in [-0.05, 0) is 60.6 Å². The zero-order chi connectivity index (χ0) is 23.9. The number of para-hydroxylation sites is 2. The fourth-order valence-corrected chi connectivity index (χ4v) is 5.27. The van der Waals surface area contributed by atoms with Crippen molar-refractivity contribution in [2.45, 2.75) is 37.6 Å². The van der Waals surface area contributed by atoms with E-state index < -0.39 is 6.04 Å². The quantitative estimate of drug-likeness (QED) is 0.407. The molecule has 5 rings (SSSR count). The number of urea groups is 1. The number of benzene rings is 2. The summed E-state index contributed by atoms with van der Waals surface area (Å²) in [4.78, 5) is 30.2. The van der Waals surface area contributed by atoms with Gasteiger partial charge < -0.3 is 15.1 Å². The van der Waals surface area contributed by atoms with Crippen molar-refractivity contribution in [3.8, 4) is 0 Å². The fourth-order valence-electron chi connectivity index (χ4n) is 4.81. The Bertz CT molecular complexity index is 1280. The molecule has 2 aliphatic rings. The number of ketones is 1. The van der Waals surface area contributed by atoms with E-state index in [1.807, 2.05) is 60.9 Å². The van der Waals surface area contributed by atoms with Crippen molar-refractivity contribution >= 4 is 40.6 Å². The summed E-state index contributed by atoms with van der Waals surface area (Å²) in [5, 5.41) is 6.54. The Labute approximate surface area is 203 Å². The maximum absolute atomic E-state index is 13.9. The van der Waals surface area contributed by atoms with E-state index in [1.54, 1.807) is 29.0 Å². The van der Waals surface area contributed by atoms with Gasteiger partial charge in [-0.3, -0.25) is 9.69 Å². The van der Waals surface area contributed by atoms with Gasteiger partial charge in [0.2, 0.25) is 0 Å². The average Bonchev–Trinajstić information content (AvgIpc) is 3.28. The molecule has 2 aromatic carbocycles. The number of Topliss-reactive ketones (excluding diaryl/α,β-unsaturated/α-hetero) is 1. The third-order valence-electron chi connectivity index (χ3n) is 6.25. The molecule has 0 fully saturated rings. The van der Waals surface area contributed by atoms with Crippen molar-refractivity contribution in [2.75, 3.05) is 21.8 Å². The summed E-state index contributed by atoms with van der Waals surface area (Å²) < 4.78 is 5.82. The van der Waals surface area contributed by atoms with E-state index in [2.05, 4.69) is 24.5 Å². The molecule has 1 aliphatic carbocycles. The van der Waals surface area contributed by atoms with Gasteiger partial charge in [-0.15, -0.1) is 11.8 Å². The number of carbonyl (C=O) groups excluding carboxylic acids is 2. The Balaban J connectivity index is 1.67. The third-order valence-corrected chi connectivity index (χ3v) is 6.98. The van der Waals surface area contributed by atoms with Gasteiger partial charge in [0.05, 0.1) is 17.6 Å². The number of carbonyl (C=O) groups is 2. The minimum absolute atomic E-state index is 0.0233. The van der Waals surface area contributed by atoms with Crippen molar-refractivity contribution in [1.29, 1.82) is 0 Å². The van der Waals surface area contributed by atoms with Crippen LogP contribution in [0.3, 0.4) is 0 Å². The van der Waals surface area contributed by atoms with E-state index in [-0.39, 0.29) is 17.2 Å². The molecule has 0 radical (unpaired) electrons. The number of fused-ring (bicyclic) bond motifs is 1. The molecule has 1 atom stereocenters. The number of nitrogens with zero attached hydrogens (tertiary/aromatic N) is 1. The van der Waals surface area contributed by atoms with Crippen molar-refractivity contribution < 1.29 is 14.0 Å². The lowest BCUT2D eigenvalue weighted by atomic mass is 9.74. The molecule has 1 aromatic heterocycles. The second-order valence-electron chi connectivity index (χ2n) is 9.43. The highest BCUT2D eigenvalue weighted by Crippen LogP contribution is 2.48. The maximum Gasteiger partial charge on any atom is 0.327 e. The number of anilines is 3. The Morgan fingerprint density at radius 1 is 1.12 bits per heavy atom.